The van der Waals surface area contributed by atoms with Crippen molar-refractivity contribution < 1.29 is 19.5 Å². The number of carboxylic acid groups (broad SMARTS) is 1. The molecule has 0 aromatic rings. The summed E-state index contributed by atoms with van der Waals surface area (Å²) in [5, 5.41) is 8.86. The monoisotopic (exact) mass is 275 g/mol. The molecule has 2 amide bonds. The van der Waals surface area contributed by atoms with Crippen molar-refractivity contribution in [2.45, 2.75) is 37.2 Å². The van der Waals surface area contributed by atoms with E-state index in [1.165, 1.54) is 16.7 Å². The number of nitrogens with two attached hydrogens (primary N) is 2. The zero-order chi connectivity index (χ0) is 13.9. The van der Waals surface area contributed by atoms with Crippen molar-refractivity contribution in [3.63, 3.8) is 0 Å². The zero-order valence-corrected chi connectivity index (χ0v) is 10.9. The highest BCUT2D eigenvalue weighted by Crippen LogP contribution is 2.31. The summed E-state index contributed by atoms with van der Waals surface area (Å²) >= 11 is 1.40. The number of primary amides is 1. The topological polar surface area (TPSA) is 127 Å². The van der Waals surface area contributed by atoms with Crippen LogP contribution in [0.1, 0.15) is 19.8 Å². The van der Waals surface area contributed by atoms with E-state index in [9.17, 15) is 14.4 Å². The number of aliphatic carboxylic acids is 1. The molecule has 0 aliphatic carbocycles. The molecular formula is C10H17N3O4S. The lowest BCUT2D eigenvalue weighted by molar-refractivity contribution is -0.149. The standard InChI is InChI=1S/C10H17N3O4S/c1-2-8-13(6(4-18-8)10(16)17)9(15)5(11)3-7(12)14/h5-6,8H,2-4,11H2,1H3,(H2,12,14)(H,16,17). The second-order valence-corrected chi connectivity index (χ2v) is 5.28. The van der Waals surface area contributed by atoms with Gasteiger partial charge in [0.25, 0.3) is 0 Å². The van der Waals surface area contributed by atoms with E-state index in [1.54, 1.807) is 0 Å². The number of hydrogen-bond acceptors (Lipinski definition) is 5. The molecule has 1 heterocycles. The van der Waals surface area contributed by atoms with Gasteiger partial charge in [0.05, 0.1) is 17.8 Å². The highest BCUT2D eigenvalue weighted by Gasteiger charge is 2.42. The Morgan fingerprint density at radius 1 is 1.50 bits per heavy atom. The van der Waals surface area contributed by atoms with Crippen LogP contribution in [0.3, 0.4) is 0 Å². The lowest BCUT2D eigenvalue weighted by Gasteiger charge is -2.28. The van der Waals surface area contributed by atoms with Gasteiger partial charge < -0.3 is 21.5 Å². The molecule has 0 aromatic heterocycles. The number of carbonyl (C=O) groups excluding carboxylic acids is 2. The molecule has 3 unspecified atom stereocenters. The van der Waals surface area contributed by atoms with Crippen molar-refractivity contribution in [3.8, 4) is 0 Å². The minimum Gasteiger partial charge on any atom is -0.480 e. The van der Waals surface area contributed by atoms with E-state index < -0.39 is 29.9 Å². The van der Waals surface area contributed by atoms with Gasteiger partial charge in [-0.25, -0.2) is 4.79 Å². The van der Waals surface area contributed by atoms with Crippen LogP contribution in [0.2, 0.25) is 0 Å². The number of carboxylic acids is 1. The molecule has 1 rings (SSSR count). The number of hydrogen-bond donors (Lipinski definition) is 3. The van der Waals surface area contributed by atoms with Gasteiger partial charge in [-0.3, -0.25) is 9.59 Å². The highest BCUT2D eigenvalue weighted by atomic mass is 32.2. The van der Waals surface area contributed by atoms with Gasteiger partial charge in [0.2, 0.25) is 11.8 Å². The summed E-state index contributed by atoms with van der Waals surface area (Å²) in [6.07, 6.45) is 0.353. The molecular weight excluding hydrogens is 258 g/mol. The Morgan fingerprint density at radius 3 is 2.56 bits per heavy atom. The van der Waals surface area contributed by atoms with E-state index in [2.05, 4.69) is 0 Å². The average Bonchev–Trinajstić information content (AvgIpc) is 2.70. The fourth-order valence-corrected chi connectivity index (χ4v) is 3.21. The van der Waals surface area contributed by atoms with E-state index in [1.807, 2.05) is 6.92 Å². The Bertz CT molecular complexity index is 363. The normalized spacial score (nSPS) is 24.9. The Balaban J connectivity index is 2.84. The van der Waals surface area contributed by atoms with Crippen LogP contribution in [0.15, 0.2) is 0 Å². The lowest BCUT2D eigenvalue weighted by Crippen LogP contribution is -2.52. The number of nitrogens with zero attached hydrogens (tertiary/aromatic N) is 1. The first-order valence-electron chi connectivity index (χ1n) is 5.59. The quantitative estimate of drug-likeness (QED) is 0.588. The fraction of sp³-hybridized carbons (Fsp3) is 0.700. The third-order valence-corrected chi connectivity index (χ3v) is 4.17. The molecule has 0 aromatic carbocycles. The second-order valence-electron chi connectivity index (χ2n) is 4.07. The van der Waals surface area contributed by atoms with Crippen LogP contribution in [0.5, 0.6) is 0 Å². The first-order chi connectivity index (χ1) is 8.38. The summed E-state index contributed by atoms with van der Waals surface area (Å²) in [5.41, 5.74) is 10.6. The van der Waals surface area contributed by atoms with Gasteiger partial charge >= 0.3 is 5.97 Å². The first-order valence-corrected chi connectivity index (χ1v) is 6.63. The summed E-state index contributed by atoms with van der Waals surface area (Å²) in [6.45, 7) is 1.86. The molecule has 1 saturated heterocycles. The molecule has 1 aliphatic heterocycles. The molecule has 0 radical (unpaired) electrons. The highest BCUT2D eigenvalue weighted by molar-refractivity contribution is 8.00. The van der Waals surface area contributed by atoms with Crippen molar-refractivity contribution in [1.82, 2.24) is 4.90 Å². The van der Waals surface area contributed by atoms with E-state index in [4.69, 9.17) is 16.6 Å². The van der Waals surface area contributed by atoms with E-state index in [0.717, 1.165) is 0 Å². The van der Waals surface area contributed by atoms with Gasteiger partial charge in [0, 0.05) is 5.75 Å². The van der Waals surface area contributed by atoms with Gasteiger partial charge in [-0.1, -0.05) is 6.92 Å². The number of rotatable bonds is 5. The molecule has 0 saturated carbocycles. The molecule has 0 bridgehead atoms. The van der Waals surface area contributed by atoms with Gasteiger partial charge in [-0.15, -0.1) is 11.8 Å². The minimum atomic E-state index is -1.07. The molecule has 5 N–H and O–H groups in total. The number of carbonyl (C=O) groups is 3. The Labute approximate surface area is 109 Å². The maximum atomic E-state index is 12.1. The summed E-state index contributed by atoms with van der Waals surface area (Å²) in [7, 11) is 0. The smallest absolute Gasteiger partial charge is 0.327 e. The summed E-state index contributed by atoms with van der Waals surface area (Å²) in [5.74, 6) is -1.93. The van der Waals surface area contributed by atoms with Crippen molar-refractivity contribution in [3.05, 3.63) is 0 Å². The number of thioether (sulfide) groups is 1. The van der Waals surface area contributed by atoms with Crippen LogP contribution in [0.4, 0.5) is 0 Å². The summed E-state index contributed by atoms with van der Waals surface area (Å²) in [4.78, 5) is 35.2. The number of amides is 2. The summed E-state index contributed by atoms with van der Waals surface area (Å²) in [6, 6.07) is -1.96. The Kier molecular flexibility index (Phi) is 4.97. The van der Waals surface area contributed by atoms with Gasteiger partial charge in [-0.05, 0) is 6.42 Å². The van der Waals surface area contributed by atoms with Crippen LogP contribution < -0.4 is 11.5 Å². The SMILES string of the molecule is CCC1SCC(C(=O)O)N1C(=O)C(N)CC(N)=O. The molecule has 0 spiro atoms. The van der Waals surface area contributed by atoms with E-state index >= 15 is 0 Å². The Morgan fingerprint density at radius 2 is 2.11 bits per heavy atom. The second kappa shape index (κ2) is 6.05. The summed E-state index contributed by atoms with van der Waals surface area (Å²) < 4.78 is 0. The van der Waals surface area contributed by atoms with Crippen LogP contribution in [-0.4, -0.2) is 51.0 Å². The minimum absolute atomic E-state index is 0.211. The van der Waals surface area contributed by atoms with Crippen molar-refractivity contribution >= 4 is 29.5 Å². The fourth-order valence-electron chi connectivity index (χ4n) is 1.86. The predicted octanol–water partition coefficient (Wildman–Crippen LogP) is -1.05. The molecule has 18 heavy (non-hydrogen) atoms. The molecule has 7 nitrogen and oxygen atoms in total. The van der Waals surface area contributed by atoms with Crippen molar-refractivity contribution in [1.29, 1.82) is 0 Å². The largest absolute Gasteiger partial charge is 0.480 e. The molecule has 3 atom stereocenters. The van der Waals surface area contributed by atoms with Crippen LogP contribution in [0, 0.1) is 0 Å². The van der Waals surface area contributed by atoms with Crippen LogP contribution in [-0.2, 0) is 14.4 Å². The first kappa shape index (κ1) is 14.8. The van der Waals surface area contributed by atoms with Gasteiger partial charge in [-0.2, -0.15) is 0 Å². The van der Waals surface area contributed by atoms with Crippen molar-refractivity contribution in [2.24, 2.45) is 11.5 Å². The van der Waals surface area contributed by atoms with Crippen molar-refractivity contribution in [2.75, 3.05) is 5.75 Å². The third kappa shape index (κ3) is 3.14. The van der Waals surface area contributed by atoms with E-state index in [0.29, 0.717) is 12.2 Å². The average molecular weight is 275 g/mol. The maximum Gasteiger partial charge on any atom is 0.327 e. The zero-order valence-electron chi connectivity index (χ0n) is 10.0. The van der Waals surface area contributed by atoms with Gasteiger partial charge in [0.1, 0.15) is 6.04 Å². The molecule has 1 aliphatic rings. The van der Waals surface area contributed by atoms with E-state index in [-0.39, 0.29) is 11.8 Å². The Hall–Kier alpha value is -1.28. The maximum absolute atomic E-state index is 12.1. The van der Waals surface area contributed by atoms with Gasteiger partial charge in [0.15, 0.2) is 0 Å². The third-order valence-electron chi connectivity index (χ3n) is 2.72. The van der Waals surface area contributed by atoms with Crippen LogP contribution >= 0.6 is 11.8 Å². The lowest BCUT2D eigenvalue weighted by atomic mass is 10.1. The van der Waals surface area contributed by atoms with Crippen LogP contribution in [0.25, 0.3) is 0 Å². The molecule has 8 heteroatoms. The molecule has 1 fully saturated rings. The predicted molar refractivity (Wildman–Crippen MR) is 66.6 cm³/mol. The molecule has 102 valence electrons.